The fraction of sp³-hybridized carbons (Fsp3) is 0.217. The summed E-state index contributed by atoms with van der Waals surface area (Å²) in [6.07, 6.45) is -3.15. The Morgan fingerprint density at radius 2 is 1.52 bits per heavy atom. The number of carbonyl (C=O) groups is 2. The Kier molecular flexibility index (Phi) is 7.87. The van der Waals surface area contributed by atoms with Crippen LogP contribution in [-0.2, 0) is 11.4 Å². The van der Waals surface area contributed by atoms with Gasteiger partial charge in [0, 0.05) is 16.7 Å². The molecular weight excluding hydrogens is 406 g/mol. The van der Waals surface area contributed by atoms with Crippen molar-refractivity contribution in [1.29, 1.82) is 0 Å². The summed E-state index contributed by atoms with van der Waals surface area (Å²) in [4.78, 5) is 23.5. The molecule has 31 heavy (non-hydrogen) atoms. The summed E-state index contributed by atoms with van der Waals surface area (Å²) in [6, 6.07) is 10.9. The Morgan fingerprint density at radius 1 is 1.03 bits per heavy atom. The highest BCUT2D eigenvalue weighted by Crippen LogP contribution is 2.18. The normalized spacial score (nSPS) is 13.1. The van der Waals surface area contributed by atoms with Crippen LogP contribution in [0.15, 0.2) is 48.5 Å². The Morgan fingerprint density at radius 3 is 1.94 bits per heavy atom. The van der Waals surface area contributed by atoms with E-state index >= 15 is 0 Å². The number of carbonyl (C=O) groups excluding carboxylic acids is 1. The van der Waals surface area contributed by atoms with Gasteiger partial charge in [0.2, 0.25) is 0 Å². The molecule has 0 aliphatic heterocycles. The Labute approximate surface area is 178 Å². The van der Waals surface area contributed by atoms with Gasteiger partial charge in [-0.3, -0.25) is 4.79 Å². The second kappa shape index (κ2) is 10.4. The number of carboxylic acids is 1. The van der Waals surface area contributed by atoms with E-state index in [1.807, 2.05) is 5.32 Å². The average Bonchev–Trinajstić information content (AvgIpc) is 2.75. The maximum absolute atomic E-state index is 13.0. The third-order valence-electron chi connectivity index (χ3n) is 4.37. The minimum absolute atomic E-state index is 0.0454. The topological polar surface area (TPSA) is 113 Å². The molecule has 0 spiro atoms. The van der Waals surface area contributed by atoms with E-state index in [2.05, 4.69) is 23.7 Å². The molecule has 2 rings (SSSR count). The van der Waals surface area contributed by atoms with Crippen molar-refractivity contribution >= 4 is 11.9 Å². The number of carboxylic acid groups (broad SMARTS) is 1. The number of rotatable bonds is 6. The van der Waals surface area contributed by atoms with Crippen LogP contribution in [0, 0.1) is 23.7 Å². The van der Waals surface area contributed by atoms with E-state index in [4.69, 9.17) is 15.9 Å². The lowest BCUT2D eigenvalue weighted by Crippen LogP contribution is -2.64. The fourth-order valence-corrected chi connectivity index (χ4v) is 2.43. The Balaban J connectivity index is 2.06. The van der Waals surface area contributed by atoms with Crippen LogP contribution < -0.4 is 11.1 Å². The monoisotopic (exact) mass is 426 g/mol. The van der Waals surface area contributed by atoms with E-state index in [1.54, 1.807) is 24.3 Å². The van der Waals surface area contributed by atoms with Gasteiger partial charge in [0.25, 0.3) is 12.3 Å². The zero-order valence-corrected chi connectivity index (χ0v) is 16.5. The van der Waals surface area contributed by atoms with Gasteiger partial charge in [0.1, 0.15) is 5.54 Å². The molecule has 0 unspecified atom stereocenters. The first kappa shape index (κ1) is 23.6. The average molecular weight is 426 g/mol. The van der Waals surface area contributed by atoms with Gasteiger partial charge < -0.3 is 21.3 Å². The first-order valence-electron chi connectivity index (χ1n) is 9.07. The summed E-state index contributed by atoms with van der Waals surface area (Å²) < 4.78 is 26.1. The third kappa shape index (κ3) is 6.38. The summed E-state index contributed by atoms with van der Waals surface area (Å²) in [5.74, 6) is 8.49. The molecule has 1 amide bonds. The van der Waals surface area contributed by atoms with Gasteiger partial charge in [-0.05, 0) is 60.7 Å². The molecule has 0 heterocycles. The molecule has 0 aromatic heterocycles. The zero-order valence-electron chi connectivity index (χ0n) is 16.5. The van der Waals surface area contributed by atoms with Crippen LogP contribution in [0.1, 0.15) is 34.0 Å². The summed E-state index contributed by atoms with van der Waals surface area (Å²) in [7, 11) is 0. The lowest BCUT2D eigenvalue weighted by atomic mass is 9.93. The zero-order chi connectivity index (χ0) is 23.0. The molecule has 2 aromatic rings. The van der Waals surface area contributed by atoms with Crippen LogP contribution in [0.5, 0.6) is 0 Å². The van der Waals surface area contributed by atoms with Gasteiger partial charge in [-0.25, -0.2) is 13.6 Å². The molecule has 0 radical (unpaired) electrons. The summed E-state index contributed by atoms with van der Waals surface area (Å²) >= 11 is 0. The van der Waals surface area contributed by atoms with Crippen LogP contribution in [-0.4, -0.2) is 40.1 Å². The number of benzene rings is 2. The third-order valence-corrected chi connectivity index (χ3v) is 4.37. The molecule has 0 aliphatic rings. The van der Waals surface area contributed by atoms with Gasteiger partial charge in [0.05, 0.1) is 6.61 Å². The van der Waals surface area contributed by atoms with Crippen molar-refractivity contribution in [2.24, 2.45) is 5.73 Å². The minimum atomic E-state index is -3.15. The quantitative estimate of drug-likeness (QED) is 0.526. The SMILES string of the molecule is C[C@@](N)(C(F)F)[C@H](NC(=O)c1ccc(C#CC#Cc2ccc(CO)cc2)cc1)C(=O)O. The molecule has 160 valence electrons. The van der Waals surface area contributed by atoms with E-state index in [9.17, 15) is 18.4 Å². The first-order valence-corrected chi connectivity index (χ1v) is 9.07. The molecule has 0 saturated carbocycles. The second-order valence-corrected chi connectivity index (χ2v) is 6.84. The van der Waals surface area contributed by atoms with Gasteiger partial charge >= 0.3 is 5.97 Å². The number of alkyl halides is 2. The van der Waals surface area contributed by atoms with Crippen LogP contribution in [0.25, 0.3) is 0 Å². The van der Waals surface area contributed by atoms with E-state index in [1.165, 1.54) is 24.3 Å². The maximum atomic E-state index is 13.0. The molecule has 5 N–H and O–H groups in total. The largest absolute Gasteiger partial charge is 0.480 e. The smallest absolute Gasteiger partial charge is 0.328 e. The van der Waals surface area contributed by atoms with Crippen molar-refractivity contribution in [2.45, 2.75) is 31.5 Å². The standard InChI is InChI=1S/C23H20F2N2O4/c1-23(26,22(24)25)19(21(30)31)27-20(29)18-12-10-16(11-13-18)5-3-2-4-15-6-8-17(14-28)9-7-15/h6-13,19,22,28H,14,26H2,1H3,(H,27,29)(H,30,31)/t19-,23+/m1/s1. The first-order chi connectivity index (χ1) is 14.6. The Bertz CT molecular complexity index is 1060. The van der Waals surface area contributed by atoms with Crippen LogP contribution in [0.2, 0.25) is 0 Å². The summed E-state index contributed by atoms with van der Waals surface area (Å²) in [5, 5.41) is 20.2. The number of nitrogens with one attached hydrogen (secondary N) is 1. The van der Waals surface area contributed by atoms with Crippen LogP contribution in [0.4, 0.5) is 8.78 Å². The van der Waals surface area contributed by atoms with E-state index in [0.717, 1.165) is 18.1 Å². The molecule has 6 nitrogen and oxygen atoms in total. The lowest BCUT2D eigenvalue weighted by Gasteiger charge is -2.30. The molecule has 8 heteroatoms. The fourth-order valence-electron chi connectivity index (χ4n) is 2.43. The number of amides is 1. The predicted molar refractivity (Wildman–Crippen MR) is 110 cm³/mol. The number of nitrogens with two attached hydrogens (primary N) is 1. The van der Waals surface area contributed by atoms with E-state index in [0.29, 0.717) is 5.56 Å². The van der Waals surface area contributed by atoms with Crippen LogP contribution in [0.3, 0.4) is 0 Å². The number of aliphatic carboxylic acids is 1. The van der Waals surface area contributed by atoms with E-state index < -0.39 is 29.9 Å². The number of hydrogen-bond acceptors (Lipinski definition) is 4. The molecule has 2 aromatic carbocycles. The summed E-state index contributed by atoms with van der Waals surface area (Å²) in [5.41, 5.74) is 5.08. The van der Waals surface area contributed by atoms with Crippen molar-refractivity contribution in [3.63, 3.8) is 0 Å². The van der Waals surface area contributed by atoms with Crippen molar-refractivity contribution in [3.8, 4) is 23.7 Å². The molecule has 0 bridgehead atoms. The van der Waals surface area contributed by atoms with Gasteiger partial charge in [0.15, 0.2) is 6.04 Å². The molecule has 2 atom stereocenters. The lowest BCUT2D eigenvalue weighted by molar-refractivity contribution is -0.143. The van der Waals surface area contributed by atoms with Crippen molar-refractivity contribution < 1.29 is 28.6 Å². The molecule has 0 fully saturated rings. The molecule has 0 saturated heterocycles. The van der Waals surface area contributed by atoms with E-state index in [-0.39, 0.29) is 12.2 Å². The number of aliphatic hydroxyl groups excluding tert-OH is 1. The highest BCUT2D eigenvalue weighted by molar-refractivity contribution is 5.97. The summed E-state index contributed by atoms with van der Waals surface area (Å²) in [6.45, 7) is 0.813. The predicted octanol–water partition coefficient (Wildman–Crippen LogP) is 1.75. The number of aliphatic hydroxyl groups is 1. The Hall–Kier alpha value is -3.72. The van der Waals surface area contributed by atoms with Gasteiger partial charge in [-0.2, -0.15) is 0 Å². The van der Waals surface area contributed by atoms with Crippen LogP contribution >= 0.6 is 0 Å². The molecular formula is C23H20F2N2O4. The highest BCUT2D eigenvalue weighted by Gasteiger charge is 2.44. The minimum Gasteiger partial charge on any atom is -0.480 e. The maximum Gasteiger partial charge on any atom is 0.328 e. The number of hydrogen-bond donors (Lipinski definition) is 4. The molecule has 0 aliphatic carbocycles. The number of halogens is 2. The van der Waals surface area contributed by atoms with Crippen molar-refractivity contribution in [2.75, 3.05) is 0 Å². The van der Waals surface area contributed by atoms with Crippen molar-refractivity contribution in [1.82, 2.24) is 5.32 Å². The van der Waals surface area contributed by atoms with Crippen molar-refractivity contribution in [3.05, 3.63) is 70.8 Å². The van der Waals surface area contributed by atoms with Gasteiger partial charge in [-0.15, -0.1) is 0 Å². The van der Waals surface area contributed by atoms with Gasteiger partial charge in [-0.1, -0.05) is 24.0 Å². The second-order valence-electron chi connectivity index (χ2n) is 6.84. The highest BCUT2D eigenvalue weighted by atomic mass is 19.3.